The number of rotatable bonds is 8. The van der Waals surface area contributed by atoms with Gasteiger partial charge in [-0.1, -0.05) is 0 Å². The van der Waals surface area contributed by atoms with Gasteiger partial charge in [0.2, 0.25) is 10.0 Å². The number of carbonyl (C=O) groups is 1. The number of nitro groups is 1. The molecule has 0 aliphatic rings. The van der Waals surface area contributed by atoms with Gasteiger partial charge in [-0.05, 0) is 63.2 Å². The number of hydrazone groups is 1. The number of nitrogens with one attached hydrogen (secondary N) is 1. The van der Waals surface area contributed by atoms with Crippen molar-refractivity contribution in [2.24, 2.45) is 10.2 Å². The first-order valence-electron chi connectivity index (χ1n) is 10.1. The number of carbonyl (C=O) groups excluding carboxylic acids is 1. The van der Waals surface area contributed by atoms with E-state index in [9.17, 15) is 23.3 Å². The van der Waals surface area contributed by atoms with E-state index in [0.29, 0.717) is 12.2 Å². The van der Waals surface area contributed by atoms with E-state index in [0.717, 1.165) is 34.8 Å². The Morgan fingerprint density at radius 1 is 1.21 bits per heavy atom. The molecule has 0 aliphatic carbocycles. The van der Waals surface area contributed by atoms with Gasteiger partial charge in [-0.2, -0.15) is 5.10 Å². The minimum absolute atomic E-state index is 0.0111. The summed E-state index contributed by atoms with van der Waals surface area (Å²) < 4.78 is 29.9. The Morgan fingerprint density at radius 3 is 2.47 bits per heavy atom. The van der Waals surface area contributed by atoms with Crippen molar-refractivity contribution in [1.29, 1.82) is 0 Å². The molecule has 1 aromatic heterocycles. The molecule has 0 saturated carbocycles. The van der Waals surface area contributed by atoms with E-state index in [1.54, 1.807) is 19.1 Å². The second-order valence-corrected chi connectivity index (χ2v) is 8.84. The fourth-order valence-corrected chi connectivity index (χ4v) is 3.92. The van der Waals surface area contributed by atoms with Gasteiger partial charge in [-0.3, -0.25) is 15.5 Å². The zero-order valence-corrected chi connectivity index (χ0v) is 19.5. The number of sulfonamides is 1. The van der Waals surface area contributed by atoms with Crippen molar-refractivity contribution < 1.29 is 22.9 Å². The van der Waals surface area contributed by atoms with Crippen LogP contribution in [0.15, 0.2) is 58.5 Å². The number of nitro benzene ring substituents is 1. The van der Waals surface area contributed by atoms with Crippen LogP contribution in [-0.2, 0) is 14.8 Å². The van der Waals surface area contributed by atoms with Crippen LogP contribution in [0.25, 0.3) is 5.69 Å². The fraction of sp³-hybridized carbons (Fsp3) is 0.182. The smallest absolute Gasteiger partial charge is 0.338 e. The molecule has 0 saturated heterocycles. The summed E-state index contributed by atoms with van der Waals surface area (Å²) in [4.78, 5) is 22.1. The molecule has 2 aromatic carbocycles. The van der Waals surface area contributed by atoms with E-state index in [-0.39, 0.29) is 16.6 Å². The number of ether oxygens (including phenoxy) is 1. The largest absolute Gasteiger partial charge is 0.462 e. The molecule has 0 amide bonds. The van der Waals surface area contributed by atoms with Crippen molar-refractivity contribution in [2.75, 3.05) is 12.0 Å². The van der Waals surface area contributed by atoms with Crippen LogP contribution >= 0.6 is 0 Å². The SMILES string of the molecule is CCOC(=O)c1ccc(-n2c(C)cc(C=NNc3ccc(S(N)(=O)=O)cc3[N+](=O)[O-])c2C)cc1. The third kappa shape index (κ3) is 5.30. The first kappa shape index (κ1) is 24.6. The fourth-order valence-electron chi connectivity index (χ4n) is 3.38. The molecule has 0 aliphatic heterocycles. The molecule has 0 spiro atoms. The van der Waals surface area contributed by atoms with Crippen molar-refractivity contribution >= 4 is 33.6 Å². The average Bonchev–Trinajstić information content (AvgIpc) is 3.06. The lowest BCUT2D eigenvalue weighted by molar-refractivity contribution is -0.384. The Morgan fingerprint density at radius 2 is 1.88 bits per heavy atom. The summed E-state index contributed by atoms with van der Waals surface area (Å²) >= 11 is 0. The van der Waals surface area contributed by atoms with Crippen LogP contribution in [-0.4, -0.2) is 36.7 Å². The summed E-state index contributed by atoms with van der Waals surface area (Å²) in [6.45, 7) is 5.84. The minimum Gasteiger partial charge on any atom is -0.462 e. The topological polar surface area (TPSA) is 159 Å². The third-order valence-corrected chi connectivity index (χ3v) is 5.90. The van der Waals surface area contributed by atoms with Crippen LogP contribution in [0.3, 0.4) is 0 Å². The molecular weight excluding hydrogens is 462 g/mol. The average molecular weight is 486 g/mol. The lowest BCUT2D eigenvalue weighted by Crippen LogP contribution is -2.12. The minimum atomic E-state index is -4.08. The van der Waals surface area contributed by atoms with Gasteiger partial charge in [-0.15, -0.1) is 0 Å². The van der Waals surface area contributed by atoms with Crippen molar-refractivity contribution in [3.8, 4) is 5.69 Å². The van der Waals surface area contributed by atoms with Crippen LogP contribution in [0.1, 0.15) is 34.2 Å². The highest BCUT2D eigenvalue weighted by molar-refractivity contribution is 7.89. The summed E-state index contributed by atoms with van der Waals surface area (Å²) in [5, 5.41) is 20.5. The number of benzene rings is 2. The van der Waals surface area contributed by atoms with Crippen molar-refractivity contribution in [1.82, 2.24) is 4.57 Å². The summed E-state index contributed by atoms with van der Waals surface area (Å²) in [6.07, 6.45) is 1.50. The predicted octanol–water partition coefficient (Wildman–Crippen LogP) is 3.27. The summed E-state index contributed by atoms with van der Waals surface area (Å²) in [7, 11) is -4.08. The molecule has 3 rings (SSSR count). The van der Waals surface area contributed by atoms with E-state index in [1.807, 2.05) is 36.6 Å². The molecule has 12 heteroatoms. The third-order valence-electron chi connectivity index (χ3n) is 4.99. The van der Waals surface area contributed by atoms with Crippen LogP contribution in [0.4, 0.5) is 11.4 Å². The number of nitrogens with two attached hydrogens (primary N) is 1. The maximum Gasteiger partial charge on any atom is 0.338 e. The molecule has 3 aromatic rings. The quantitative estimate of drug-likeness (QED) is 0.214. The van der Waals surface area contributed by atoms with Gasteiger partial charge >= 0.3 is 5.97 Å². The van der Waals surface area contributed by atoms with Gasteiger partial charge in [0, 0.05) is 28.7 Å². The maximum atomic E-state index is 11.9. The first-order valence-corrected chi connectivity index (χ1v) is 11.6. The number of hydrogen-bond donors (Lipinski definition) is 2. The zero-order chi connectivity index (χ0) is 25.0. The molecule has 0 unspecified atom stereocenters. The van der Waals surface area contributed by atoms with Crippen LogP contribution < -0.4 is 10.6 Å². The lowest BCUT2D eigenvalue weighted by atomic mass is 10.2. The molecule has 1 heterocycles. The highest BCUT2D eigenvalue weighted by Crippen LogP contribution is 2.27. The predicted molar refractivity (Wildman–Crippen MR) is 127 cm³/mol. The second kappa shape index (κ2) is 9.85. The Bertz CT molecular complexity index is 1380. The first-order chi connectivity index (χ1) is 16.0. The molecule has 34 heavy (non-hydrogen) atoms. The van der Waals surface area contributed by atoms with Crippen molar-refractivity contribution in [2.45, 2.75) is 25.7 Å². The lowest BCUT2D eigenvalue weighted by Gasteiger charge is -2.10. The standard InChI is InChI=1S/C22H23N5O6S/c1-4-33-22(28)16-5-7-18(8-6-16)26-14(2)11-17(15(26)3)13-24-25-20-10-9-19(34(23,31)32)12-21(20)27(29)30/h5-13,25H,4H2,1-3H3,(H2,23,31,32). The summed E-state index contributed by atoms with van der Waals surface area (Å²) in [5.74, 6) is -0.389. The van der Waals surface area contributed by atoms with Crippen LogP contribution in [0, 0.1) is 24.0 Å². The van der Waals surface area contributed by atoms with E-state index in [2.05, 4.69) is 10.5 Å². The molecule has 178 valence electrons. The Kier molecular flexibility index (Phi) is 7.13. The van der Waals surface area contributed by atoms with Crippen LogP contribution in [0.5, 0.6) is 0 Å². The summed E-state index contributed by atoms with van der Waals surface area (Å²) in [6, 6.07) is 12.1. The Labute approximate surface area is 196 Å². The van der Waals surface area contributed by atoms with Gasteiger partial charge in [0.1, 0.15) is 5.69 Å². The van der Waals surface area contributed by atoms with E-state index >= 15 is 0 Å². The van der Waals surface area contributed by atoms with Gasteiger partial charge in [0.25, 0.3) is 5.69 Å². The molecule has 0 bridgehead atoms. The monoisotopic (exact) mass is 485 g/mol. The molecule has 11 nitrogen and oxygen atoms in total. The van der Waals surface area contributed by atoms with E-state index < -0.39 is 20.6 Å². The number of aromatic nitrogens is 1. The van der Waals surface area contributed by atoms with Gasteiger partial charge in [0.15, 0.2) is 0 Å². The van der Waals surface area contributed by atoms with E-state index in [1.165, 1.54) is 12.3 Å². The summed E-state index contributed by atoms with van der Waals surface area (Å²) in [5.41, 5.74) is 5.92. The number of hydrogen-bond acceptors (Lipinski definition) is 8. The zero-order valence-electron chi connectivity index (χ0n) is 18.7. The Hall–Kier alpha value is -4.03. The van der Waals surface area contributed by atoms with Crippen molar-refractivity contribution in [3.63, 3.8) is 0 Å². The maximum absolute atomic E-state index is 11.9. The molecule has 3 N–H and O–H groups in total. The molecular formula is C22H23N5O6S. The number of nitrogens with zero attached hydrogens (tertiary/aromatic N) is 3. The number of aryl methyl sites for hydroxylation is 1. The van der Waals surface area contributed by atoms with Gasteiger partial charge < -0.3 is 9.30 Å². The molecule has 0 fully saturated rings. The number of primary sulfonamides is 1. The normalized spacial score (nSPS) is 11.5. The highest BCUT2D eigenvalue weighted by Gasteiger charge is 2.19. The van der Waals surface area contributed by atoms with Crippen molar-refractivity contribution in [3.05, 3.63) is 81.2 Å². The van der Waals surface area contributed by atoms with Gasteiger partial charge in [-0.25, -0.2) is 18.4 Å². The number of esters is 1. The Balaban J connectivity index is 1.84. The number of anilines is 1. The molecule has 0 atom stereocenters. The van der Waals surface area contributed by atoms with E-state index in [4.69, 9.17) is 9.88 Å². The van der Waals surface area contributed by atoms with Crippen LogP contribution in [0.2, 0.25) is 0 Å². The highest BCUT2D eigenvalue weighted by atomic mass is 32.2. The molecule has 0 radical (unpaired) electrons. The van der Waals surface area contributed by atoms with Gasteiger partial charge in [0.05, 0.1) is 28.2 Å². The second-order valence-electron chi connectivity index (χ2n) is 7.28.